The number of halogens is 1. The van der Waals surface area contributed by atoms with Crippen LogP contribution in [-0.2, 0) is 17.9 Å². The Morgan fingerprint density at radius 3 is 2.64 bits per heavy atom. The number of carbonyl (C=O) groups is 3. The molecule has 220 valence electrons. The van der Waals surface area contributed by atoms with Crippen LogP contribution in [0.1, 0.15) is 70.9 Å². The van der Waals surface area contributed by atoms with Crippen LogP contribution in [0.3, 0.4) is 0 Å². The van der Waals surface area contributed by atoms with E-state index in [2.05, 4.69) is 15.7 Å². The van der Waals surface area contributed by atoms with Gasteiger partial charge in [-0.2, -0.15) is 5.10 Å². The number of rotatable bonds is 14. The summed E-state index contributed by atoms with van der Waals surface area (Å²) in [5, 5.41) is 10.7. The van der Waals surface area contributed by atoms with Gasteiger partial charge in [-0.15, -0.1) is 0 Å². The molecule has 1 aliphatic rings. The number of nitrogens with two attached hydrogens (primary N) is 1. The van der Waals surface area contributed by atoms with E-state index < -0.39 is 18.0 Å². The largest absolute Gasteiger partial charge is 0.491 e. The standard InChI is InChI=1S/C30H34FN7O4/c1-3-37-24(13-18(2)36-37)29(41)35-30-34-23-14-21(28(32)40)15-25(42-17-20-6-7-20)27(23)38(30)26(5-4-12-39)33-16-19-8-10-22(31)11-9-19/h8-15,20,26,33H,3-7,16-17H2,1-2H3,(H2,32,40)(H,34,35,41). The number of aldehydes is 1. The number of imidazole rings is 1. The molecule has 2 aromatic heterocycles. The van der Waals surface area contributed by atoms with Crippen molar-refractivity contribution in [3.63, 3.8) is 0 Å². The summed E-state index contributed by atoms with van der Waals surface area (Å²) in [6, 6.07) is 10.9. The van der Waals surface area contributed by atoms with E-state index in [0.29, 0.717) is 60.2 Å². The minimum atomic E-state index is -0.637. The molecule has 0 spiro atoms. The van der Waals surface area contributed by atoms with Gasteiger partial charge >= 0.3 is 0 Å². The Bertz CT molecular complexity index is 1610. The second-order valence-electron chi connectivity index (χ2n) is 10.5. The van der Waals surface area contributed by atoms with E-state index in [1.165, 1.54) is 12.1 Å². The van der Waals surface area contributed by atoms with Crippen LogP contribution in [0.25, 0.3) is 11.0 Å². The normalized spacial score (nSPS) is 13.7. The van der Waals surface area contributed by atoms with Crippen LogP contribution in [0.4, 0.5) is 10.3 Å². The third kappa shape index (κ3) is 6.49. The molecule has 5 rings (SSSR count). The zero-order chi connectivity index (χ0) is 29.8. The average molecular weight is 576 g/mol. The molecule has 2 amide bonds. The molecule has 1 fully saturated rings. The summed E-state index contributed by atoms with van der Waals surface area (Å²) in [6.07, 6.45) is 2.97. The van der Waals surface area contributed by atoms with Gasteiger partial charge in [-0.1, -0.05) is 12.1 Å². The van der Waals surface area contributed by atoms with E-state index in [1.807, 2.05) is 13.8 Å². The van der Waals surface area contributed by atoms with Gasteiger partial charge in [-0.05, 0) is 74.9 Å². The van der Waals surface area contributed by atoms with Crippen LogP contribution in [0.2, 0.25) is 0 Å². The first kappa shape index (κ1) is 28.9. The van der Waals surface area contributed by atoms with E-state index in [-0.39, 0.29) is 23.7 Å². The quantitative estimate of drug-likeness (QED) is 0.192. The first-order valence-corrected chi connectivity index (χ1v) is 14.0. The maximum absolute atomic E-state index is 13.5. The number of fused-ring (bicyclic) bond motifs is 1. The molecule has 4 N–H and O–H groups in total. The highest BCUT2D eigenvalue weighted by Gasteiger charge is 2.27. The van der Waals surface area contributed by atoms with Gasteiger partial charge in [0.05, 0.1) is 24.0 Å². The SMILES string of the molecule is CCn1nc(C)cc1C(=O)Nc1nc2cc(C(N)=O)cc(OCC3CC3)c2n1C(CCC=O)NCc1ccc(F)cc1. The number of amides is 2. The smallest absolute Gasteiger partial charge is 0.276 e. The van der Waals surface area contributed by atoms with Crippen molar-refractivity contribution in [3.05, 3.63) is 70.8 Å². The molecule has 0 bridgehead atoms. The van der Waals surface area contributed by atoms with Crippen LogP contribution in [0, 0.1) is 18.7 Å². The van der Waals surface area contributed by atoms with E-state index >= 15 is 0 Å². The molecule has 0 radical (unpaired) electrons. The van der Waals surface area contributed by atoms with E-state index in [9.17, 15) is 18.8 Å². The fourth-order valence-corrected chi connectivity index (χ4v) is 4.85. The topological polar surface area (TPSA) is 146 Å². The molecule has 12 heteroatoms. The number of nitrogens with zero attached hydrogens (tertiary/aromatic N) is 4. The molecule has 11 nitrogen and oxygen atoms in total. The van der Waals surface area contributed by atoms with E-state index in [4.69, 9.17) is 15.5 Å². The highest BCUT2D eigenvalue weighted by atomic mass is 19.1. The van der Waals surface area contributed by atoms with Crippen molar-refractivity contribution >= 4 is 35.1 Å². The molecule has 0 saturated heterocycles. The summed E-state index contributed by atoms with van der Waals surface area (Å²) >= 11 is 0. The minimum absolute atomic E-state index is 0.192. The van der Waals surface area contributed by atoms with Gasteiger partial charge in [-0.3, -0.25) is 29.5 Å². The zero-order valence-electron chi connectivity index (χ0n) is 23.6. The number of hydrogen-bond acceptors (Lipinski definition) is 7. The van der Waals surface area contributed by atoms with Crippen molar-refractivity contribution < 1.29 is 23.5 Å². The molecule has 2 aromatic carbocycles. The van der Waals surface area contributed by atoms with Crippen LogP contribution < -0.4 is 21.1 Å². The third-order valence-electron chi connectivity index (χ3n) is 7.19. The Hall–Kier alpha value is -4.58. The molecule has 1 atom stereocenters. The summed E-state index contributed by atoms with van der Waals surface area (Å²) in [4.78, 5) is 41.9. The Balaban J connectivity index is 1.62. The maximum Gasteiger partial charge on any atom is 0.276 e. The first-order valence-electron chi connectivity index (χ1n) is 14.0. The molecule has 0 aliphatic heterocycles. The lowest BCUT2D eigenvalue weighted by Gasteiger charge is -2.24. The molecule has 1 unspecified atom stereocenters. The van der Waals surface area contributed by atoms with Crippen molar-refractivity contribution in [1.29, 1.82) is 0 Å². The number of primary amides is 1. The van der Waals surface area contributed by atoms with Crippen molar-refractivity contribution in [2.24, 2.45) is 11.7 Å². The lowest BCUT2D eigenvalue weighted by Crippen LogP contribution is -2.29. The predicted molar refractivity (Wildman–Crippen MR) is 155 cm³/mol. The summed E-state index contributed by atoms with van der Waals surface area (Å²) < 4.78 is 23.1. The molecule has 4 aromatic rings. The number of ether oxygens (including phenoxy) is 1. The number of nitrogens with one attached hydrogen (secondary N) is 2. The second kappa shape index (κ2) is 12.5. The second-order valence-corrected chi connectivity index (χ2v) is 10.5. The molecular formula is C30H34FN7O4. The lowest BCUT2D eigenvalue weighted by atomic mass is 10.1. The summed E-state index contributed by atoms with van der Waals surface area (Å²) in [7, 11) is 0. The molecule has 1 saturated carbocycles. The van der Waals surface area contributed by atoms with Crippen LogP contribution in [-0.4, -0.2) is 44.0 Å². The predicted octanol–water partition coefficient (Wildman–Crippen LogP) is 4.11. The van der Waals surface area contributed by atoms with Crippen molar-refractivity contribution in [2.75, 3.05) is 11.9 Å². The third-order valence-corrected chi connectivity index (χ3v) is 7.19. The van der Waals surface area contributed by atoms with Gasteiger partial charge in [-0.25, -0.2) is 9.37 Å². The van der Waals surface area contributed by atoms with E-state index in [0.717, 1.165) is 24.7 Å². The number of anilines is 1. The average Bonchev–Trinajstić information content (AvgIpc) is 3.62. The highest BCUT2D eigenvalue weighted by molar-refractivity contribution is 6.04. The highest BCUT2D eigenvalue weighted by Crippen LogP contribution is 2.36. The lowest BCUT2D eigenvalue weighted by molar-refractivity contribution is -0.108. The minimum Gasteiger partial charge on any atom is -0.491 e. The Kier molecular flexibility index (Phi) is 8.62. The number of carbonyl (C=O) groups excluding carboxylic acids is 3. The van der Waals surface area contributed by atoms with Crippen LogP contribution in [0.5, 0.6) is 5.75 Å². The maximum atomic E-state index is 13.5. The number of benzene rings is 2. The van der Waals surface area contributed by atoms with Crippen LogP contribution >= 0.6 is 0 Å². The van der Waals surface area contributed by atoms with Crippen molar-refractivity contribution in [2.45, 2.75) is 58.8 Å². The fourth-order valence-electron chi connectivity index (χ4n) is 4.85. The number of hydrogen-bond donors (Lipinski definition) is 3. The number of aromatic nitrogens is 4. The van der Waals surface area contributed by atoms with Gasteiger partial charge in [0.2, 0.25) is 11.9 Å². The van der Waals surface area contributed by atoms with Crippen LogP contribution in [0.15, 0.2) is 42.5 Å². The summed E-state index contributed by atoms with van der Waals surface area (Å²) in [5.41, 5.74) is 8.68. The van der Waals surface area contributed by atoms with E-state index in [1.54, 1.807) is 39.6 Å². The Labute approximate surface area is 242 Å². The number of aryl methyl sites for hydroxylation is 2. The summed E-state index contributed by atoms with van der Waals surface area (Å²) in [6.45, 7) is 5.00. The Morgan fingerprint density at radius 2 is 1.98 bits per heavy atom. The molecular weight excluding hydrogens is 541 g/mol. The first-order chi connectivity index (χ1) is 20.3. The van der Waals surface area contributed by atoms with Gasteiger partial charge in [0.1, 0.15) is 29.1 Å². The van der Waals surface area contributed by atoms with Gasteiger partial charge in [0.25, 0.3) is 5.91 Å². The van der Waals surface area contributed by atoms with Gasteiger partial charge in [0.15, 0.2) is 0 Å². The monoisotopic (exact) mass is 575 g/mol. The molecule has 2 heterocycles. The fraction of sp³-hybridized carbons (Fsp3) is 0.367. The Morgan fingerprint density at radius 1 is 1.21 bits per heavy atom. The van der Waals surface area contributed by atoms with Gasteiger partial charge < -0.3 is 15.3 Å². The molecule has 1 aliphatic carbocycles. The van der Waals surface area contributed by atoms with Crippen molar-refractivity contribution in [1.82, 2.24) is 24.6 Å². The zero-order valence-corrected chi connectivity index (χ0v) is 23.6. The van der Waals surface area contributed by atoms with Gasteiger partial charge in [0, 0.05) is 25.1 Å². The molecule has 42 heavy (non-hydrogen) atoms. The van der Waals surface area contributed by atoms with Crippen molar-refractivity contribution in [3.8, 4) is 5.75 Å². The summed E-state index contributed by atoms with van der Waals surface area (Å²) in [5.74, 6) is -0.383.